The van der Waals surface area contributed by atoms with Crippen LogP contribution in [0.25, 0.3) is 11.7 Å². The Morgan fingerprint density at radius 1 is 1.37 bits per heavy atom. The molecular weight excluding hydrogens is 364 g/mol. The molecule has 2 aromatic heterocycles. The molecule has 3 heterocycles. The van der Waals surface area contributed by atoms with Crippen LogP contribution in [0.4, 0.5) is 0 Å². The Morgan fingerprint density at radius 2 is 2.15 bits per heavy atom. The minimum Gasteiger partial charge on any atom is -0.379 e. The molecule has 0 aliphatic carbocycles. The van der Waals surface area contributed by atoms with Gasteiger partial charge in [0, 0.05) is 37.9 Å². The number of ether oxygens (including phenoxy) is 1. The van der Waals surface area contributed by atoms with Crippen molar-refractivity contribution >= 4 is 29.2 Å². The van der Waals surface area contributed by atoms with Gasteiger partial charge >= 0.3 is 0 Å². The summed E-state index contributed by atoms with van der Waals surface area (Å²) in [6.45, 7) is 8.40. The van der Waals surface area contributed by atoms with Gasteiger partial charge in [-0.05, 0) is 30.5 Å². The van der Waals surface area contributed by atoms with Crippen molar-refractivity contribution in [1.82, 2.24) is 19.6 Å². The van der Waals surface area contributed by atoms with Crippen LogP contribution in [-0.2, 0) is 9.53 Å². The number of pyridine rings is 1. The largest absolute Gasteiger partial charge is 0.379 e. The van der Waals surface area contributed by atoms with Gasteiger partial charge in [-0.2, -0.15) is 0 Å². The summed E-state index contributed by atoms with van der Waals surface area (Å²) in [5, 5.41) is 3.42. The highest BCUT2D eigenvalue weighted by Gasteiger charge is 2.22. The van der Waals surface area contributed by atoms with Gasteiger partial charge in [0.1, 0.15) is 5.65 Å². The molecule has 0 bridgehead atoms. The molecule has 1 fully saturated rings. The summed E-state index contributed by atoms with van der Waals surface area (Å²) >= 11 is 6.20. The molecule has 1 amide bonds. The number of amides is 1. The van der Waals surface area contributed by atoms with Crippen molar-refractivity contribution in [3.8, 4) is 0 Å². The van der Waals surface area contributed by atoms with E-state index < -0.39 is 0 Å². The smallest absolute Gasteiger partial charge is 0.244 e. The molecule has 0 radical (unpaired) electrons. The van der Waals surface area contributed by atoms with Crippen molar-refractivity contribution in [3.05, 3.63) is 41.3 Å². The van der Waals surface area contributed by atoms with E-state index in [0.29, 0.717) is 29.4 Å². The first-order valence-electron chi connectivity index (χ1n) is 9.45. The maximum atomic E-state index is 12.3. The molecule has 146 valence electrons. The molecule has 1 unspecified atom stereocenters. The van der Waals surface area contributed by atoms with E-state index in [1.165, 1.54) is 6.08 Å². The number of halogens is 1. The van der Waals surface area contributed by atoms with Crippen LogP contribution in [0.3, 0.4) is 0 Å². The lowest BCUT2D eigenvalue weighted by atomic mass is 10.0. The normalized spacial score (nSPS) is 17.0. The van der Waals surface area contributed by atoms with E-state index in [0.717, 1.165) is 38.4 Å². The number of aromatic nitrogens is 2. The van der Waals surface area contributed by atoms with E-state index in [1.54, 1.807) is 6.08 Å². The average molecular weight is 391 g/mol. The number of hydrogen-bond donors (Lipinski definition) is 1. The fourth-order valence-corrected chi connectivity index (χ4v) is 3.66. The summed E-state index contributed by atoms with van der Waals surface area (Å²) in [5.74, 6) is 0.446. The lowest BCUT2D eigenvalue weighted by Crippen LogP contribution is -2.49. The number of hydrogen-bond acceptors (Lipinski definition) is 4. The Balaban J connectivity index is 1.61. The second-order valence-corrected chi connectivity index (χ2v) is 7.58. The zero-order valence-corrected chi connectivity index (χ0v) is 16.7. The molecular formula is C20H27ClN4O2. The molecule has 3 rings (SSSR count). The maximum Gasteiger partial charge on any atom is 0.244 e. The third kappa shape index (κ3) is 5.31. The number of carbonyl (C=O) groups excluding carboxylic acids is 1. The summed E-state index contributed by atoms with van der Waals surface area (Å²) in [6, 6.07) is 6.01. The Morgan fingerprint density at radius 3 is 2.89 bits per heavy atom. The number of rotatable bonds is 7. The van der Waals surface area contributed by atoms with Crippen molar-refractivity contribution in [2.75, 3.05) is 32.8 Å². The summed E-state index contributed by atoms with van der Waals surface area (Å²) in [6.07, 6.45) is 6.16. The lowest BCUT2D eigenvalue weighted by molar-refractivity contribution is -0.116. The Hall–Kier alpha value is -1.89. The molecule has 27 heavy (non-hydrogen) atoms. The molecule has 0 saturated carbocycles. The summed E-state index contributed by atoms with van der Waals surface area (Å²) < 4.78 is 7.31. The van der Waals surface area contributed by atoms with E-state index in [9.17, 15) is 4.79 Å². The van der Waals surface area contributed by atoms with Crippen molar-refractivity contribution in [2.24, 2.45) is 5.92 Å². The molecule has 6 nitrogen and oxygen atoms in total. The highest BCUT2D eigenvalue weighted by Crippen LogP contribution is 2.19. The van der Waals surface area contributed by atoms with Gasteiger partial charge in [0.05, 0.1) is 18.9 Å². The summed E-state index contributed by atoms with van der Waals surface area (Å²) in [7, 11) is 0. The zero-order valence-electron chi connectivity index (χ0n) is 15.9. The SMILES string of the molecule is CC(C)CC(CNC(=O)/C=C/c1c(Cl)nc2ccccn12)N1CCOCC1. The van der Waals surface area contributed by atoms with Gasteiger partial charge in [-0.1, -0.05) is 31.5 Å². The Kier molecular flexibility index (Phi) is 6.88. The van der Waals surface area contributed by atoms with E-state index in [2.05, 4.69) is 29.0 Å². The molecule has 1 atom stereocenters. The first kappa shape index (κ1) is 19.9. The molecule has 7 heteroatoms. The highest BCUT2D eigenvalue weighted by molar-refractivity contribution is 6.31. The van der Waals surface area contributed by atoms with Crippen molar-refractivity contribution in [3.63, 3.8) is 0 Å². The van der Waals surface area contributed by atoms with Crippen LogP contribution >= 0.6 is 11.6 Å². The predicted molar refractivity (Wildman–Crippen MR) is 108 cm³/mol. The van der Waals surface area contributed by atoms with Gasteiger partial charge in [-0.15, -0.1) is 0 Å². The molecule has 1 N–H and O–H groups in total. The number of imidazole rings is 1. The van der Waals surface area contributed by atoms with Crippen LogP contribution in [0.5, 0.6) is 0 Å². The highest BCUT2D eigenvalue weighted by atomic mass is 35.5. The number of carbonyl (C=O) groups is 1. The molecule has 1 saturated heterocycles. The van der Waals surface area contributed by atoms with Crippen LogP contribution in [-0.4, -0.2) is 59.1 Å². The van der Waals surface area contributed by atoms with Gasteiger partial charge in [0.25, 0.3) is 0 Å². The van der Waals surface area contributed by atoms with E-state index in [4.69, 9.17) is 16.3 Å². The van der Waals surface area contributed by atoms with E-state index in [-0.39, 0.29) is 5.91 Å². The number of morpholine rings is 1. The monoisotopic (exact) mass is 390 g/mol. The van der Waals surface area contributed by atoms with Crippen LogP contribution in [0.1, 0.15) is 26.0 Å². The molecule has 1 aliphatic heterocycles. The lowest BCUT2D eigenvalue weighted by Gasteiger charge is -2.35. The Bertz CT molecular complexity index is 796. The predicted octanol–water partition coefficient (Wildman–Crippen LogP) is 2.86. The number of fused-ring (bicyclic) bond motifs is 1. The third-order valence-corrected chi connectivity index (χ3v) is 5.01. The van der Waals surface area contributed by atoms with Crippen LogP contribution < -0.4 is 5.32 Å². The van der Waals surface area contributed by atoms with Gasteiger partial charge in [0.2, 0.25) is 5.91 Å². The van der Waals surface area contributed by atoms with Crippen LogP contribution in [0.2, 0.25) is 5.15 Å². The Labute approximate surface area is 165 Å². The number of nitrogens with one attached hydrogen (secondary N) is 1. The standard InChI is InChI=1S/C20H27ClN4O2/c1-15(2)13-16(24-9-11-27-12-10-24)14-22-19(26)7-6-17-20(21)23-18-5-3-4-8-25(17)18/h3-8,15-16H,9-14H2,1-2H3,(H,22,26)/b7-6+. The van der Waals surface area contributed by atoms with Gasteiger partial charge < -0.3 is 10.1 Å². The minimum atomic E-state index is -0.126. The number of nitrogens with zero attached hydrogens (tertiary/aromatic N) is 3. The first-order chi connectivity index (χ1) is 13.0. The summed E-state index contributed by atoms with van der Waals surface area (Å²) in [5.41, 5.74) is 1.46. The topological polar surface area (TPSA) is 58.9 Å². The third-order valence-electron chi connectivity index (χ3n) is 4.73. The molecule has 2 aromatic rings. The van der Waals surface area contributed by atoms with Gasteiger partial charge in [0.15, 0.2) is 5.15 Å². The maximum absolute atomic E-state index is 12.3. The zero-order chi connectivity index (χ0) is 19.2. The fourth-order valence-electron chi connectivity index (χ4n) is 3.42. The quantitative estimate of drug-likeness (QED) is 0.738. The average Bonchev–Trinajstić information content (AvgIpc) is 2.99. The van der Waals surface area contributed by atoms with Crippen molar-refractivity contribution < 1.29 is 9.53 Å². The summed E-state index contributed by atoms with van der Waals surface area (Å²) in [4.78, 5) is 19.0. The van der Waals surface area contributed by atoms with E-state index >= 15 is 0 Å². The van der Waals surface area contributed by atoms with Gasteiger partial charge in [-0.3, -0.25) is 14.1 Å². The second-order valence-electron chi connectivity index (χ2n) is 7.23. The second kappa shape index (κ2) is 9.35. The van der Waals surface area contributed by atoms with Crippen LogP contribution in [0, 0.1) is 5.92 Å². The molecule has 0 spiro atoms. The van der Waals surface area contributed by atoms with Gasteiger partial charge in [-0.25, -0.2) is 4.98 Å². The minimum absolute atomic E-state index is 0.126. The van der Waals surface area contributed by atoms with E-state index in [1.807, 2.05) is 28.8 Å². The molecule has 0 aromatic carbocycles. The van der Waals surface area contributed by atoms with Crippen molar-refractivity contribution in [1.29, 1.82) is 0 Å². The van der Waals surface area contributed by atoms with Crippen LogP contribution in [0.15, 0.2) is 30.5 Å². The first-order valence-corrected chi connectivity index (χ1v) is 9.82. The fraction of sp³-hybridized carbons (Fsp3) is 0.500. The van der Waals surface area contributed by atoms with Crippen molar-refractivity contribution in [2.45, 2.75) is 26.3 Å². The molecule has 1 aliphatic rings.